The van der Waals surface area contributed by atoms with Gasteiger partial charge >= 0.3 is 0 Å². The van der Waals surface area contributed by atoms with Gasteiger partial charge in [0.2, 0.25) is 0 Å². The van der Waals surface area contributed by atoms with Gasteiger partial charge in [0.25, 0.3) is 0 Å². The number of carbonyl (C=O) groups is 1. The topological polar surface area (TPSA) is 26.3 Å². The molecule has 4 aliphatic carbocycles. The van der Waals surface area contributed by atoms with Gasteiger partial charge in [-0.25, -0.2) is 0 Å². The molecule has 0 saturated heterocycles. The number of benzene rings is 1. The molecule has 2 nitrogen and oxygen atoms in total. The van der Waals surface area contributed by atoms with Crippen LogP contribution < -0.4 is 0 Å². The number of rotatable bonds is 4. The molecule has 0 amide bonds. The predicted octanol–water partition coefficient (Wildman–Crippen LogP) is 5.50. The van der Waals surface area contributed by atoms with E-state index in [0.29, 0.717) is 17.1 Å². The maximum absolute atomic E-state index is 12.9. The van der Waals surface area contributed by atoms with E-state index >= 15 is 0 Å². The van der Waals surface area contributed by atoms with Crippen molar-refractivity contribution in [3.8, 4) is 11.8 Å². The van der Waals surface area contributed by atoms with Crippen molar-refractivity contribution in [1.29, 1.82) is 0 Å². The van der Waals surface area contributed by atoms with Crippen LogP contribution >= 0.6 is 0 Å². The molecular formula is C26H34O2. The third kappa shape index (κ3) is 3.79. The molecule has 0 N–H and O–H groups in total. The highest BCUT2D eigenvalue weighted by molar-refractivity contribution is 5.84. The quantitative estimate of drug-likeness (QED) is 0.647. The fraction of sp³-hybridized carbons (Fsp3) is 0.654. The third-order valence-electron chi connectivity index (χ3n) is 7.99. The zero-order chi connectivity index (χ0) is 19.7. The number of hydrogen-bond donors (Lipinski definition) is 0. The van der Waals surface area contributed by atoms with Crippen molar-refractivity contribution in [2.24, 2.45) is 35.0 Å². The number of hydrogen-bond acceptors (Lipinski definition) is 2. The van der Waals surface area contributed by atoms with Gasteiger partial charge in [-0.05, 0) is 67.4 Å². The molecule has 4 fully saturated rings. The van der Waals surface area contributed by atoms with E-state index in [4.69, 9.17) is 4.74 Å². The van der Waals surface area contributed by atoms with E-state index in [-0.39, 0.29) is 17.9 Å². The van der Waals surface area contributed by atoms with E-state index in [1.165, 1.54) is 19.3 Å². The number of carbonyl (C=O) groups excluding carboxylic acids is 1. The zero-order valence-electron chi connectivity index (χ0n) is 17.6. The molecule has 5 rings (SSSR count). The van der Waals surface area contributed by atoms with Crippen molar-refractivity contribution < 1.29 is 9.53 Å². The molecule has 0 heterocycles. The molecule has 0 radical (unpaired) electrons. The Morgan fingerprint density at radius 2 is 1.93 bits per heavy atom. The Morgan fingerprint density at radius 3 is 2.64 bits per heavy atom. The van der Waals surface area contributed by atoms with Crippen LogP contribution in [0.25, 0.3) is 0 Å². The molecule has 2 bridgehead atoms. The lowest BCUT2D eigenvalue weighted by atomic mass is 9.46. The highest BCUT2D eigenvalue weighted by atomic mass is 16.5. The highest BCUT2D eigenvalue weighted by Crippen LogP contribution is 2.61. The van der Waals surface area contributed by atoms with Crippen molar-refractivity contribution in [2.45, 2.75) is 65.4 Å². The predicted molar refractivity (Wildman–Crippen MR) is 113 cm³/mol. The van der Waals surface area contributed by atoms with Gasteiger partial charge in [0.1, 0.15) is 11.9 Å². The number of ketones is 1. The van der Waals surface area contributed by atoms with Gasteiger partial charge in [-0.15, -0.1) is 0 Å². The van der Waals surface area contributed by atoms with E-state index in [9.17, 15) is 4.79 Å². The summed E-state index contributed by atoms with van der Waals surface area (Å²) in [5.74, 6) is 9.36. The smallest absolute Gasteiger partial charge is 0.142 e. The van der Waals surface area contributed by atoms with Crippen molar-refractivity contribution in [3.63, 3.8) is 0 Å². The molecule has 0 aromatic heterocycles. The minimum absolute atomic E-state index is 0.0642. The second-order valence-corrected chi connectivity index (χ2v) is 9.93. The molecule has 0 aliphatic heterocycles. The van der Waals surface area contributed by atoms with Crippen LogP contribution in [0.4, 0.5) is 0 Å². The van der Waals surface area contributed by atoms with Gasteiger partial charge in [0, 0.05) is 11.5 Å². The third-order valence-corrected chi connectivity index (χ3v) is 7.99. The van der Waals surface area contributed by atoms with Gasteiger partial charge in [-0.3, -0.25) is 4.79 Å². The Kier molecular flexibility index (Phi) is 5.66. The van der Waals surface area contributed by atoms with Crippen molar-refractivity contribution in [3.05, 3.63) is 35.9 Å². The SMILES string of the molecule is CC1CCC[C@@H]([C@@H](C#Cc2ccccc2)OC[C@@H]2CC[C@@H]3C[C@H]2C3(C)C)C1=O. The minimum atomic E-state index is -0.267. The average molecular weight is 379 g/mol. The van der Waals surface area contributed by atoms with Crippen LogP contribution in [0.1, 0.15) is 64.9 Å². The Morgan fingerprint density at radius 1 is 1.14 bits per heavy atom. The first kappa shape index (κ1) is 19.7. The van der Waals surface area contributed by atoms with Crippen LogP contribution in [0.3, 0.4) is 0 Å². The van der Waals surface area contributed by atoms with Crippen LogP contribution in [0, 0.1) is 46.8 Å². The Labute approximate surface area is 170 Å². The average Bonchev–Trinajstić information content (AvgIpc) is 2.71. The summed E-state index contributed by atoms with van der Waals surface area (Å²) in [6.45, 7) is 7.68. The number of Topliss-reactive ketones (excluding diaryl/α,β-unsaturated/α-hetero) is 1. The lowest BCUT2D eigenvalue weighted by Crippen LogP contribution is -2.53. The molecule has 28 heavy (non-hydrogen) atoms. The molecule has 1 aromatic carbocycles. The van der Waals surface area contributed by atoms with Gasteiger partial charge in [-0.1, -0.05) is 57.2 Å². The van der Waals surface area contributed by atoms with E-state index in [0.717, 1.165) is 43.3 Å². The Hall–Kier alpha value is -1.59. The molecule has 1 aromatic rings. The second-order valence-electron chi connectivity index (χ2n) is 9.93. The fourth-order valence-corrected chi connectivity index (χ4v) is 5.92. The maximum Gasteiger partial charge on any atom is 0.142 e. The molecule has 150 valence electrons. The summed E-state index contributed by atoms with van der Waals surface area (Å²) < 4.78 is 6.46. The van der Waals surface area contributed by atoms with Crippen molar-refractivity contribution >= 4 is 5.78 Å². The van der Waals surface area contributed by atoms with Crippen LogP contribution in [0.2, 0.25) is 0 Å². The van der Waals surface area contributed by atoms with Crippen LogP contribution in [0.5, 0.6) is 0 Å². The Balaban J connectivity index is 1.48. The highest BCUT2D eigenvalue weighted by Gasteiger charge is 2.54. The van der Waals surface area contributed by atoms with Gasteiger partial charge in [0.15, 0.2) is 0 Å². The molecule has 1 unspecified atom stereocenters. The van der Waals surface area contributed by atoms with Crippen LogP contribution in [-0.4, -0.2) is 18.5 Å². The zero-order valence-corrected chi connectivity index (χ0v) is 17.6. The summed E-state index contributed by atoms with van der Waals surface area (Å²) in [5, 5.41) is 0. The molecule has 4 aliphatic rings. The molecule has 0 spiro atoms. The lowest BCUT2D eigenvalue weighted by molar-refractivity contribution is -0.141. The molecule has 2 heteroatoms. The molecular weight excluding hydrogens is 344 g/mol. The van der Waals surface area contributed by atoms with Crippen molar-refractivity contribution in [2.75, 3.05) is 6.61 Å². The van der Waals surface area contributed by atoms with Gasteiger partial charge in [-0.2, -0.15) is 0 Å². The largest absolute Gasteiger partial charge is 0.364 e. The second kappa shape index (κ2) is 8.03. The maximum atomic E-state index is 12.9. The van der Waals surface area contributed by atoms with E-state index < -0.39 is 0 Å². The number of ether oxygens (including phenoxy) is 1. The lowest BCUT2D eigenvalue weighted by Gasteiger charge is -2.60. The Bertz CT molecular complexity index is 752. The van der Waals surface area contributed by atoms with E-state index in [1.54, 1.807) is 0 Å². The van der Waals surface area contributed by atoms with Gasteiger partial charge < -0.3 is 4.74 Å². The summed E-state index contributed by atoms with van der Waals surface area (Å²) >= 11 is 0. The standard InChI is InChI=1S/C26H34O2/c1-18-8-7-11-22(25(18)27)24(15-12-19-9-5-4-6-10-19)28-17-20-13-14-21-16-23(20)26(21,2)3/h4-6,9-10,18,20-24H,7-8,11,13-14,16-17H2,1-3H3/t18?,20-,21+,22-,23+,24+/m0/s1. The summed E-state index contributed by atoms with van der Waals surface area (Å²) in [6, 6.07) is 10.1. The minimum Gasteiger partial charge on any atom is -0.364 e. The first-order chi connectivity index (χ1) is 13.5. The number of fused-ring (bicyclic) bond motifs is 2. The first-order valence-electron chi connectivity index (χ1n) is 11.2. The summed E-state index contributed by atoms with van der Waals surface area (Å²) in [4.78, 5) is 12.9. The fourth-order valence-electron chi connectivity index (χ4n) is 5.92. The summed E-state index contributed by atoms with van der Waals surface area (Å²) in [6.07, 6.45) is 6.72. The van der Waals surface area contributed by atoms with E-state index in [2.05, 4.69) is 32.6 Å². The monoisotopic (exact) mass is 378 g/mol. The van der Waals surface area contributed by atoms with Crippen LogP contribution in [-0.2, 0) is 9.53 Å². The molecule has 4 saturated carbocycles. The summed E-state index contributed by atoms with van der Waals surface area (Å²) in [7, 11) is 0. The van der Waals surface area contributed by atoms with Crippen molar-refractivity contribution in [1.82, 2.24) is 0 Å². The summed E-state index contributed by atoms with van der Waals surface area (Å²) in [5.41, 5.74) is 1.46. The molecule has 6 atom stereocenters. The van der Waals surface area contributed by atoms with E-state index in [1.807, 2.05) is 30.3 Å². The normalized spacial score (nSPS) is 34.7. The van der Waals surface area contributed by atoms with Crippen LogP contribution in [0.15, 0.2) is 30.3 Å². The first-order valence-corrected chi connectivity index (χ1v) is 11.2. The van der Waals surface area contributed by atoms with Gasteiger partial charge in [0.05, 0.1) is 12.5 Å².